The van der Waals surface area contributed by atoms with Crippen LogP contribution in [0.4, 0.5) is 0 Å². The monoisotopic (exact) mass is 183 g/mol. The topological polar surface area (TPSA) is 23.8 Å². The summed E-state index contributed by atoms with van der Waals surface area (Å²) in [5, 5.41) is 9.19. The summed E-state index contributed by atoms with van der Waals surface area (Å²) in [6.45, 7) is 0. The fourth-order valence-electron chi connectivity index (χ4n) is 2.63. The summed E-state index contributed by atoms with van der Waals surface area (Å²) in [6.07, 6.45) is 5.81. The predicted octanol–water partition coefficient (Wildman–Crippen LogP) is 2.73. The molecule has 1 aromatic carbocycles. The predicted molar refractivity (Wildman–Crippen MR) is 55.0 cm³/mol. The molecule has 1 saturated carbocycles. The number of hydrogen-bond acceptors (Lipinski definition) is 1. The zero-order chi connectivity index (χ0) is 9.60. The van der Waals surface area contributed by atoms with E-state index in [-0.39, 0.29) is 5.41 Å². The van der Waals surface area contributed by atoms with Gasteiger partial charge in [-0.25, -0.2) is 0 Å². The van der Waals surface area contributed by atoms with Crippen LogP contribution in [0.15, 0.2) is 18.2 Å². The second-order valence-corrected chi connectivity index (χ2v) is 4.49. The number of hydrogen-bond donors (Lipinski definition) is 0. The van der Waals surface area contributed by atoms with Crippen LogP contribution in [0.25, 0.3) is 0 Å². The Morgan fingerprint density at radius 1 is 1.21 bits per heavy atom. The average molecular weight is 183 g/mol. The van der Waals surface area contributed by atoms with Gasteiger partial charge in [-0.1, -0.05) is 18.2 Å². The molecule has 0 bridgehead atoms. The van der Waals surface area contributed by atoms with E-state index in [1.54, 1.807) is 0 Å². The second kappa shape index (κ2) is 2.60. The highest BCUT2D eigenvalue weighted by Crippen LogP contribution is 2.50. The molecule has 0 unspecified atom stereocenters. The average Bonchev–Trinajstić information content (AvgIpc) is 2.87. The van der Waals surface area contributed by atoms with Crippen LogP contribution >= 0.6 is 0 Å². The van der Waals surface area contributed by atoms with E-state index in [1.165, 1.54) is 36.0 Å². The maximum absolute atomic E-state index is 9.19. The Labute approximate surface area is 84.4 Å². The summed E-state index contributed by atoms with van der Waals surface area (Å²) in [5.74, 6) is 0. The first-order chi connectivity index (χ1) is 6.86. The molecule has 0 saturated heterocycles. The lowest BCUT2D eigenvalue weighted by Gasteiger charge is -2.11. The lowest BCUT2D eigenvalue weighted by molar-refractivity contribution is 0.864. The SMILES string of the molecule is N#CC1(c2cccc3c2CCC3)CC1. The van der Waals surface area contributed by atoms with E-state index in [1.807, 2.05) is 0 Å². The van der Waals surface area contributed by atoms with E-state index in [0.717, 1.165) is 12.8 Å². The van der Waals surface area contributed by atoms with Gasteiger partial charge in [-0.2, -0.15) is 5.26 Å². The number of benzene rings is 1. The summed E-state index contributed by atoms with van der Waals surface area (Å²) in [5.41, 5.74) is 4.24. The molecule has 2 aliphatic carbocycles. The first-order valence-electron chi connectivity index (χ1n) is 5.38. The molecule has 14 heavy (non-hydrogen) atoms. The zero-order valence-corrected chi connectivity index (χ0v) is 8.21. The third kappa shape index (κ3) is 0.944. The lowest BCUT2D eigenvalue weighted by Crippen LogP contribution is -2.06. The molecule has 1 nitrogen and oxygen atoms in total. The van der Waals surface area contributed by atoms with Crippen molar-refractivity contribution in [1.82, 2.24) is 0 Å². The largest absolute Gasteiger partial charge is 0.197 e. The highest BCUT2D eigenvalue weighted by atomic mass is 14.5. The van der Waals surface area contributed by atoms with Crippen molar-refractivity contribution < 1.29 is 0 Å². The summed E-state index contributed by atoms with van der Waals surface area (Å²) in [7, 11) is 0. The Balaban J connectivity index is 2.16. The minimum absolute atomic E-state index is 0.0876. The van der Waals surface area contributed by atoms with Crippen LogP contribution in [0.2, 0.25) is 0 Å². The molecule has 0 aromatic heterocycles. The van der Waals surface area contributed by atoms with Crippen molar-refractivity contribution in [1.29, 1.82) is 5.26 Å². The molecule has 2 aliphatic rings. The first kappa shape index (κ1) is 8.05. The van der Waals surface area contributed by atoms with Crippen molar-refractivity contribution in [2.75, 3.05) is 0 Å². The lowest BCUT2D eigenvalue weighted by atomic mass is 9.91. The maximum Gasteiger partial charge on any atom is 0.0826 e. The summed E-state index contributed by atoms with van der Waals surface area (Å²) < 4.78 is 0. The van der Waals surface area contributed by atoms with Crippen molar-refractivity contribution in [2.45, 2.75) is 37.5 Å². The molecule has 0 radical (unpaired) electrons. The van der Waals surface area contributed by atoms with Gasteiger partial charge < -0.3 is 0 Å². The normalized spacial score (nSPS) is 21.4. The molecule has 1 fully saturated rings. The van der Waals surface area contributed by atoms with E-state index >= 15 is 0 Å². The second-order valence-electron chi connectivity index (χ2n) is 4.49. The van der Waals surface area contributed by atoms with Crippen molar-refractivity contribution in [2.24, 2.45) is 0 Å². The molecule has 70 valence electrons. The molecular formula is C13H13N. The third-order valence-corrected chi connectivity index (χ3v) is 3.63. The van der Waals surface area contributed by atoms with Gasteiger partial charge in [0.15, 0.2) is 0 Å². The molecule has 0 heterocycles. The number of nitriles is 1. The minimum Gasteiger partial charge on any atom is -0.197 e. The Morgan fingerprint density at radius 3 is 2.79 bits per heavy atom. The highest BCUT2D eigenvalue weighted by Gasteiger charge is 2.46. The minimum atomic E-state index is -0.0876. The zero-order valence-electron chi connectivity index (χ0n) is 8.21. The third-order valence-electron chi connectivity index (χ3n) is 3.63. The fourth-order valence-corrected chi connectivity index (χ4v) is 2.63. The highest BCUT2D eigenvalue weighted by molar-refractivity contribution is 5.49. The van der Waals surface area contributed by atoms with Crippen LogP contribution < -0.4 is 0 Å². The molecule has 0 atom stereocenters. The fraction of sp³-hybridized carbons (Fsp3) is 0.462. The first-order valence-corrected chi connectivity index (χ1v) is 5.38. The van der Waals surface area contributed by atoms with Gasteiger partial charge in [0, 0.05) is 0 Å². The molecular weight excluding hydrogens is 170 g/mol. The molecule has 0 N–H and O–H groups in total. The number of nitrogens with zero attached hydrogens (tertiary/aromatic N) is 1. The van der Waals surface area contributed by atoms with Gasteiger partial charge in [0.1, 0.15) is 0 Å². The Hall–Kier alpha value is -1.29. The van der Waals surface area contributed by atoms with Crippen LogP contribution in [0.3, 0.4) is 0 Å². The standard InChI is InChI=1S/C13H13N/c14-9-13(7-8-13)12-6-2-4-10-3-1-5-11(10)12/h2,4,6H,1,3,5,7-8H2. The number of rotatable bonds is 1. The van der Waals surface area contributed by atoms with E-state index in [9.17, 15) is 5.26 Å². The van der Waals surface area contributed by atoms with Crippen molar-refractivity contribution in [3.05, 3.63) is 34.9 Å². The van der Waals surface area contributed by atoms with Crippen molar-refractivity contribution in [3.8, 4) is 6.07 Å². The molecule has 0 amide bonds. The van der Waals surface area contributed by atoms with Gasteiger partial charge in [-0.15, -0.1) is 0 Å². The van der Waals surface area contributed by atoms with E-state index in [0.29, 0.717) is 0 Å². The van der Waals surface area contributed by atoms with Crippen LogP contribution in [0, 0.1) is 11.3 Å². The number of aryl methyl sites for hydroxylation is 1. The van der Waals surface area contributed by atoms with Crippen LogP contribution in [0.1, 0.15) is 36.0 Å². The Morgan fingerprint density at radius 2 is 2.07 bits per heavy atom. The van der Waals surface area contributed by atoms with Gasteiger partial charge in [0.25, 0.3) is 0 Å². The van der Waals surface area contributed by atoms with Crippen molar-refractivity contribution in [3.63, 3.8) is 0 Å². The van der Waals surface area contributed by atoms with Gasteiger partial charge in [-0.3, -0.25) is 0 Å². The molecule has 1 aromatic rings. The van der Waals surface area contributed by atoms with Gasteiger partial charge in [0.05, 0.1) is 11.5 Å². The molecule has 0 aliphatic heterocycles. The summed E-state index contributed by atoms with van der Waals surface area (Å²) in [4.78, 5) is 0. The molecule has 1 heteroatoms. The molecule has 3 rings (SSSR count). The van der Waals surface area contributed by atoms with Gasteiger partial charge in [0.2, 0.25) is 0 Å². The smallest absolute Gasteiger partial charge is 0.0826 e. The van der Waals surface area contributed by atoms with E-state index in [2.05, 4.69) is 24.3 Å². The summed E-state index contributed by atoms with van der Waals surface area (Å²) >= 11 is 0. The Bertz CT molecular complexity index is 421. The van der Waals surface area contributed by atoms with Crippen LogP contribution in [-0.2, 0) is 18.3 Å². The number of fused-ring (bicyclic) bond motifs is 1. The van der Waals surface area contributed by atoms with E-state index in [4.69, 9.17) is 0 Å². The summed E-state index contributed by atoms with van der Waals surface area (Å²) in [6, 6.07) is 9.01. The van der Waals surface area contributed by atoms with Crippen LogP contribution in [-0.4, -0.2) is 0 Å². The Kier molecular flexibility index (Phi) is 1.50. The molecule has 0 spiro atoms. The van der Waals surface area contributed by atoms with Gasteiger partial charge in [-0.05, 0) is 48.8 Å². The quantitative estimate of drug-likeness (QED) is 0.656. The van der Waals surface area contributed by atoms with Gasteiger partial charge >= 0.3 is 0 Å². The maximum atomic E-state index is 9.19. The van der Waals surface area contributed by atoms with E-state index < -0.39 is 0 Å². The van der Waals surface area contributed by atoms with Crippen molar-refractivity contribution >= 4 is 0 Å². The van der Waals surface area contributed by atoms with Crippen LogP contribution in [0.5, 0.6) is 0 Å².